The summed E-state index contributed by atoms with van der Waals surface area (Å²) >= 11 is -1.66. The van der Waals surface area contributed by atoms with Gasteiger partial charge in [-0.15, -0.1) is 0 Å². The maximum atomic E-state index is 4.94. The first-order valence-corrected chi connectivity index (χ1v) is 10.4. The van der Waals surface area contributed by atoms with E-state index in [1.165, 1.54) is 38.5 Å². The van der Waals surface area contributed by atoms with Crippen molar-refractivity contribution in [2.24, 2.45) is 0 Å². The van der Waals surface area contributed by atoms with Gasteiger partial charge in [0.15, 0.2) is 0 Å². The number of allylic oxidation sites excluding steroid dienone is 2. The van der Waals surface area contributed by atoms with E-state index in [4.69, 9.17) is 29.1 Å². The van der Waals surface area contributed by atoms with Crippen LogP contribution >= 0.6 is 29.1 Å². The molecule has 0 fully saturated rings. The summed E-state index contributed by atoms with van der Waals surface area (Å²) in [5.41, 5.74) is 0. The van der Waals surface area contributed by atoms with E-state index in [0.717, 1.165) is 0 Å². The van der Waals surface area contributed by atoms with Crippen molar-refractivity contribution in [3.63, 3.8) is 0 Å². The molecule has 0 aromatic heterocycles. The summed E-state index contributed by atoms with van der Waals surface area (Å²) in [4.78, 5) is 0. The first-order valence-electron chi connectivity index (χ1n) is 4.03. The fourth-order valence-electron chi connectivity index (χ4n) is 1.11. The summed E-state index contributed by atoms with van der Waals surface area (Å²) in [6.45, 7) is 0. The Bertz CT molecular complexity index is 102. The molecule has 0 aromatic carbocycles. The summed E-state index contributed by atoms with van der Waals surface area (Å²) in [5, 5.41) is 0. The second-order valence-electron chi connectivity index (χ2n) is 2.61. The summed E-state index contributed by atoms with van der Waals surface area (Å²) in [5.74, 6) is 0. The predicted molar refractivity (Wildman–Crippen MR) is 54.4 cm³/mol. The zero-order valence-corrected chi connectivity index (χ0v) is 10.8. The molecule has 76 valence electrons. The second kappa shape index (κ2) is 10.3. The molecular weight excluding hydrogens is 305 g/mol. The van der Waals surface area contributed by atoms with Crippen LogP contribution in [-0.2, 0) is 13.0 Å². The fourth-order valence-corrected chi connectivity index (χ4v) is 1.11. The van der Waals surface area contributed by atoms with Gasteiger partial charge in [0.05, 0.1) is 0 Å². The molecule has 0 saturated carbocycles. The summed E-state index contributed by atoms with van der Waals surface area (Å²) in [6.07, 6.45) is 13.0. The Morgan fingerprint density at radius 3 is 1.42 bits per heavy atom. The fraction of sp³-hybridized carbons (Fsp3) is 0.750. The Morgan fingerprint density at radius 1 is 0.750 bits per heavy atom. The normalized spacial score (nSPS) is 18.4. The topological polar surface area (TPSA) is 0 Å². The van der Waals surface area contributed by atoms with E-state index >= 15 is 0 Å². The molecule has 0 aliphatic heterocycles. The molecule has 0 nitrogen and oxygen atoms in total. The molecule has 1 rings (SSSR count). The van der Waals surface area contributed by atoms with Crippen molar-refractivity contribution >= 4 is 29.1 Å². The van der Waals surface area contributed by atoms with Gasteiger partial charge in [-0.3, -0.25) is 0 Å². The molecule has 1 aliphatic carbocycles. The van der Waals surface area contributed by atoms with Gasteiger partial charge >= 0.3 is 42.1 Å². The van der Waals surface area contributed by atoms with Crippen molar-refractivity contribution in [2.75, 3.05) is 0 Å². The van der Waals surface area contributed by atoms with Gasteiger partial charge in [-0.05, 0) is 25.7 Å². The van der Waals surface area contributed by atoms with Crippen LogP contribution < -0.4 is 0 Å². The number of hydrogen-bond acceptors (Lipinski definition) is 0. The summed E-state index contributed by atoms with van der Waals surface area (Å²) in [6, 6.07) is 0. The second-order valence-corrected chi connectivity index (χ2v) is 10.1. The third-order valence-corrected chi connectivity index (χ3v) is 1.66. The molecule has 0 heterocycles. The molecule has 0 unspecified atom stereocenters. The van der Waals surface area contributed by atoms with E-state index in [1.54, 1.807) is 0 Å². The van der Waals surface area contributed by atoms with Crippen molar-refractivity contribution in [1.82, 2.24) is 0 Å². The first kappa shape index (κ1) is 13.2. The predicted octanol–water partition coefficient (Wildman–Crippen LogP) is 4.96. The van der Waals surface area contributed by atoms with Crippen LogP contribution in [0.25, 0.3) is 0 Å². The average molecular weight is 319 g/mol. The molecule has 0 aromatic rings. The van der Waals surface area contributed by atoms with Gasteiger partial charge in [-0.2, -0.15) is 0 Å². The molecule has 12 heavy (non-hydrogen) atoms. The Labute approximate surface area is 92.3 Å². The quantitative estimate of drug-likeness (QED) is 0.437. The number of halogens is 3. The van der Waals surface area contributed by atoms with Crippen LogP contribution in [0.5, 0.6) is 0 Å². The van der Waals surface area contributed by atoms with Crippen molar-refractivity contribution in [1.29, 1.82) is 0 Å². The Kier molecular flexibility index (Phi) is 11.4. The molecule has 0 saturated heterocycles. The van der Waals surface area contributed by atoms with E-state index in [-0.39, 0.29) is 0 Å². The molecule has 0 bridgehead atoms. The van der Waals surface area contributed by atoms with Crippen LogP contribution in [0.15, 0.2) is 12.2 Å². The van der Waals surface area contributed by atoms with Gasteiger partial charge in [0.2, 0.25) is 0 Å². The Morgan fingerprint density at radius 2 is 1.08 bits per heavy atom. The zero-order valence-electron chi connectivity index (χ0n) is 6.86. The maximum absolute atomic E-state index is 4.94. The van der Waals surface area contributed by atoms with Crippen molar-refractivity contribution in [3.05, 3.63) is 12.2 Å². The Hall–Kier alpha value is 1.23. The molecule has 0 amide bonds. The SMILES string of the molecule is C1=CCCCCCC1.[Cl][Rh]([Cl])[Cl]. The van der Waals surface area contributed by atoms with Crippen LogP contribution in [0.4, 0.5) is 0 Å². The van der Waals surface area contributed by atoms with Gasteiger partial charge in [0.25, 0.3) is 0 Å². The van der Waals surface area contributed by atoms with E-state index in [0.29, 0.717) is 0 Å². The van der Waals surface area contributed by atoms with Crippen LogP contribution in [-0.4, -0.2) is 0 Å². The molecular formula is C8H14Cl3Rh. The summed E-state index contributed by atoms with van der Waals surface area (Å²) < 4.78 is 0. The van der Waals surface area contributed by atoms with E-state index in [9.17, 15) is 0 Å². The van der Waals surface area contributed by atoms with Crippen molar-refractivity contribution < 1.29 is 13.0 Å². The van der Waals surface area contributed by atoms with Crippen LogP contribution in [0.1, 0.15) is 38.5 Å². The molecule has 0 atom stereocenters. The number of hydrogen-bond donors (Lipinski definition) is 0. The third-order valence-electron chi connectivity index (χ3n) is 1.66. The zero-order chi connectivity index (χ0) is 9.23. The van der Waals surface area contributed by atoms with Gasteiger partial charge in [0, 0.05) is 0 Å². The molecule has 1 aliphatic rings. The molecule has 0 spiro atoms. The van der Waals surface area contributed by atoms with Crippen molar-refractivity contribution in [3.8, 4) is 0 Å². The molecule has 0 N–H and O–H groups in total. The van der Waals surface area contributed by atoms with Gasteiger partial charge < -0.3 is 0 Å². The standard InChI is InChI=1S/C8H14.3ClH.Rh/c1-2-4-6-8-7-5-3-1;;;;/h1-2H,3-8H2;3*1H;/q;;;;+3/p-3. The Balaban J connectivity index is 0.000000261. The monoisotopic (exact) mass is 318 g/mol. The van der Waals surface area contributed by atoms with E-state index in [2.05, 4.69) is 12.2 Å². The molecule has 4 heteroatoms. The first-order chi connectivity index (χ1) is 5.73. The van der Waals surface area contributed by atoms with Crippen LogP contribution in [0.3, 0.4) is 0 Å². The van der Waals surface area contributed by atoms with Gasteiger partial charge in [0.1, 0.15) is 0 Å². The number of rotatable bonds is 0. The van der Waals surface area contributed by atoms with Crippen LogP contribution in [0.2, 0.25) is 0 Å². The van der Waals surface area contributed by atoms with Gasteiger partial charge in [-0.1, -0.05) is 25.0 Å². The average Bonchev–Trinajstić information content (AvgIpc) is 1.82. The molecule has 0 radical (unpaired) electrons. The van der Waals surface area contributed by atoms with Crippen molar-refractivity contribution in [2.45, 2.75) is 38.5 Å². The van der Waals surface area contributed by atoms with E-state index < -0.39 is 13.0 Å². The minimum atomic E-state index is -1.66. The van der Waals surface area contributed by atoms with E-state index in [1.807, 2.05) is 0 Å². The minimum absolute atomic E-state index is 1.32. The summed E-state index contributed by atoms with van der Waals surface area (Å²) in [7, 11) is 14.8. The third kappa shape index (κ3) is 13.8. The van der Waals surface area contributed by atoms with Gasteiger partial charge in [-0.25, -0.2) is 0 Å². The van der Waals surface area contributed by atoms with Crippen LogP contribution in [0, 0.1) is 0 Å².